The van der Waals surface area contributed by atoms with Crippen LogP contribution in [0.1, 0.15) is 194 Å². The minimum atomic E-state index is -1.09. The summed E-state index contributed by atoms with van der Waals surface area (Å²) in [6, 6.07) is -0.790. The van der Waals surface area contributed by atoms with Crippen molar-refractivity contribution >= 4 is 5.91 Å². The maximum absolute atomic E-state index is 12.4. The van der Waals surface area contributed by atoms with Gasteiger partial charge in [-0.25, -0.2) is 0 Å². The maximum atomic E-state index is 12.4. The fraction of sp³-hybridized carbons (Fsp3) is 0.919. The number of carbonyl (C=O) groups excluding carboxylic acids is 1. The van der Waals surface area contributed by atoms with E-state index in [0.717, 1.165) is 32.1 Å². The van der Waals surface area contributed by atoms with Crippen LogP contribution in [-0.4, -0.2) is 46.1 Å². The van der Waals surface area contributed by atoms with E-state index in [1.54, 1.807) is 6.08 Å². The third-order valence-corrected chi connectivity index (χ3v) is 8.63. The zero-order valence-corrected chi connectivity index (χ0v) is 28.1. The quantitative estimate of drug-likeness (QED) is 0.0449. The minimum absolute atomic E-state index is 0.360. The molecule has 0 rings (SSSR count). The molecule has 0 aliphatic carbocycles. The minimum Gasteiger partial charge on any atom is -0.394 e. The molecule has 0 aliphatic heterocycles. The highest BCUT2D eigenvalue weighted by atomic mass is 16.3. The summed E-state index contributed by atoms with van der Waals surface area (Å²) in [6.07, 6.45) is 36.5. The van der Waals surface area contributed by atoms with Gasteiger partial charge in [0.2, 0.25) is 5.91 Å². The maximum Gasteiger partial charge on any atom is 0.249 e. The Labute approximate surface area is 261 Å². The lowest BCUT2D eigenvalue weighted by molar-refractivity contribution is -0.131. The SMILES string of the molecule is CCCCCCCCCCC/C=C/C(O)C(CO)NC(=O)C(O)CCCCCCCCCCCCCCCCCCC. The van der Waals surface area contributed by atoms with Gasteiger partial charge in [0.05, 0.1) is 18.8 Å². The van der Waals surface area contributed by atoms with Gasteiger partial charge in [0.1, 0.15) is 6.10 Å². The van der Waals surface area contributed by atoms with Crippen LogP contribution in [0, 0.1) is 0 Å². The number of carbonyl (C=O) groups is 1. The van der Waals surface area contributed by atoms with E-state index in [4.69, 9.17) is 0 Å². The Morgan fingerprint density at radius 2 is 0.929 bits per heavy atom. The second-order valence-corrected chi connectivity index (χ2v) is 12.8. The van der Waals surface area contributed by atoms with Gasteiger partial charge >= 0.3 is 0 Å². The molecule has 0 saturated carbocycles. The number of amides is 1. The van der Waals surface area contributed by atoms with Crippen molar-refractivity contribution in [1.82, 2.24) is 5.32 Å². The van der Waals surface area contributed by atoms with Gasteiger partial charge in [-0.2, -0.15) is 0 Å². The molecule has 5 nitrogen and oxygen atoms in total. The first-order chi connectivity index (χ1) is 20.6. The zero-order chi connectivity index (χ0) is 30.9. The van der Waals surface area contributed by atoms with Gasteiger partial charge in [0.15, 0.2) is 0 Å². The average molecular weight is 596 g/mol. The summed E-state index contributed by atoms with van der Waals surface area (Å²) in [5, 5.41) is 32.9. The molecule has 0 saturated heterocycles. The normalized spacial score (nSPS) is 13.9. The van der Waals surface area contributed by atoms with Crippen molar-refractivity contribution in [2.75, 3.05) is 6.61 Å². The molecule has 5 heteroatoms. The van der Waals surface area contributed by atoms with Gasteiger partial charge in [-0.15, -0.1) is 0 Å². The topological polar surface area (TPSA) is 89.8 Å². The lowest BCUT2D eigenvalue weighted by atomic mass is 10.0. The third kappa shape index (κ3) is 27.9. The van der Waals surface area contributed by atoms with E-state index in [-0.39, 0.29) is 6.61 Å². The van der Waals surface area contributed by atoms with Crippen LogP contribution in [0.2, 0.25) is 0 Å². The van der Waals surface area contributed by atoms with E-state index in [2.05, 4.69) is 19.2 Å². The Balaban J connectivity index is 3.69. The number of rotatable bonds is 33. The number of nitrogens with one attached hydrogen (secondary N) is 1. The standard InChI is InChI=1S/C37H73NO4/c1-3-5-7-9-11-13-15-16-17-18-19-20-22-24-26-28-30-32-36(41)37(42)38-34(33-39)35(40)31-29-27-25-23-21-14-12-10-8-6-4-2/h29,31,34-36,39-41H,3-28,30,32-33H2,1-2H3,(H,38,42)/b31-29+. The summed E-state index contributed by atoms with van der Waals surface area (Å²) in [6.45, 7) is 4.16. The molecule has 0 fully saturated rings. The van der Waals surface area contributed by atoms with Crippen LogP contribution < -0.4 is 5.32 Å². The molecule has 0 radical (unpaired) electrons. The molecule has 0 heterocycles. The van der Waals surface area contributed by atoms with E-state index in [1.165, 1.54) is 141 Å². The van der Waals surface area contributed by atoms with Crippen LogP contribution in [0.5, 0.6) is 0 Å². The summed E-state index contributed by atoms with van der Waals surface area (Å²) < 4.78 is 0. The highest BCUT2D eigenvalue weighted by Gasteiger charge is 2.22. The van der Waals surface area contributed by atoms with Gasteiger partial charge in [-0.3, -0.25) is 4.79 Å². The number of aliphatic hydroxyl groups is 3. The molecule has 42 heavy (non-hydrogen) atoms. The summed E-state index contributed by atoms with van der Waals surface area (Å²) in [5.41, 5.74) is 0. The Morgan fingerprint density at radius 1 is 0.571 bits per heavy atom. The van der Waals surface area contributed by atoms with Gasteiger partial charge < -0.3 is 20.6 Å². The number of hydrogen-bond donors (Lipinski definition) is 4. The molecule has 250 valence electrons. The van der Waals surface area contributed by atoms with E-state index >= 15 is 0 Å². The molecule has 4 N–H and O–H groups in total. The van der Waals surface area contributed by atoms with Crippen LogP contribution in [0.25, 0.3) is 0 Å². The Morgan fingerprint density at radius 3 is 1.31 bits per heavy atom. The van der Waals surface area contributed by atoms with Crippen molar-refractivity contribution in [1.29, 1.82) is 0 Å². The van der Waals surface area contributed by atoms with E-state index in [1.807, 2.05) is 6.08 Å². The van der Waals surface area contributed by atoms with Crippen LogP contribution >= 0.6 is 0 Å². The first kappa shape index (κ1) is 41.1. The van der Waals surface area contributed by atoms with Crippen molar-refractivity contribution < 1.29 is 20.1 Å². The molecule has 0 spiro atoms. The van der Waals surface area contributed by atoms with Crippen molar-refractivity contribution in [3.63, 3.8) is 0 Å². The van der Waals surface area contributed by atoms with Crippen molar-refractivity contribution in [3.05, 3.63) is 12.2 Å². The lowest BCUT2D eigenvalue weighted by Gasteiger charge is -2.21. The summed E-state index contributed by atoms with van der Waals surface area (Å²) >= 11 is 0. The first-order valence-electron chi connectivity index (χ1n) is 18.5. The fourth-order valence-corrected chi connectivity index (χ4v) is 5.65. The van der Waals surface area contributed by atoms with Crippen LogP contribution in [0.4, 0.5) is 0 Å². The lowest BCUT2D eigenvalue weighted by Crippen LogP contribution is -2.48. The Hall–Kier alpha value is -0.910. The molecule has 3 atom stereocenters. The number of aliphatic hydroxyl groups excluding tert-OH is 3. The van der Waals surface area contributed by atoms with Gasteiger partial charge in [-0.1, -0.05) is 187 Å². The number of hydrogen-bond acceptors (Lipinski definition) is 4. The summed E-state index contributed by atoms with van der Waals surface area (Å²) in [4.78, 5) is 12.4. The smallest absolute Gasteiger partial charge is 0.249 e. The van der Waals surface area contributed by atoms with E-state index in [0.29, 0.717) is 6.42 Å². The van der Waals surface area contributed by atoms with Gasteiger partial charge in [-0.05, 0) is 19.3 Å². The molecule has 3 unspecified atom stereocenters. The molecule has 0 aromatic carbocycles. The monoisotopic (exact) mass is 596 g/mol. The van der Waals surface area contributed by atoms with Crippen molar-refractivity contribution in [2.45, 2.75) is 212 Å². The largest absolute Gasteiger partial charge is 0.394 e. The van der Waals surface area contributed by atoms with Crippen LogP contribution in [-0.2, 0) is 4.79 Å². The second-order valence-electron chi connectivity index (χ2n) is 12.8. The molecular formula is C37H73NO4. The van der Waals surface area contributed by atoms with Crippen LogP contribution in [0.15, 0.2) is 12.2 Å². The van der Waals surface area contributed by atoms with E-state index < -0.39 is 24.2 Å². The second kappa shape index (κ2) is 33.0. The number of allylic oxidation sites excluding steroid dienone is 1. The predicted molar refractivity (Wildman–Crippen MR) is 181 cm³/mol. The molecule has 0 aliphatic rings. The highest BCUT2D eigenvalue weighted by molar-refractivity contribution is 5.80. The van der Waals surface area contributed by atoms with Crippen LogP contribution in [0.3, 0.4) is 0 Å². The number of unbranched alkanes of at least 4 members (excludes halogenated alkanes) is 25. The Bertz CT molecular complexity index is 582. The fourth-order valence-electron chi connectivity index (χ4n) is 5.65. The molecule has 1 amide bonds. The molecule has 0 aromatic rings. The Kier molecular flexibility index (Phi) is 32.3. The van der Waals surface area contributed by atoms with Gasteiger partial charge in [0, 0.05) is 0 Å². The highest BCUT2D eigenvalue weighted by Crippen LogP contribution is 2.15. The van der Waals surface area contributed by atoms with Crippen molar-refractivity contribution in [3.8, 4) is 0 Å². The summed E-state index contributed by atoms with van der Waals surface area (Å²) in [7, 11) is 0. The van der Waals surface area contributed by atoms with E-state index in [9.17, 15) is 20.1 Å². The molecule has 0 aromatic heterocycles. The molecule has 0 bridgehead atoms. The average Bonchev–Trinajstić information content (AvgIpc) is 2.99. The molecular weight excluding hydrogens is 522 g/mol. The predicted octanol–water partition coefficient (Wildman–Crippen LogP) is 9.70. The van der Waals surface area contributed by atoms with Crippen molar-refractivity contribution in [2.24, 2.45) is 0 Å². The third-order valence-electron chi connectivity index (χ3n) is 8.63. The first-order valence-corrected chi connectivity index (χ1v) is 18.5. The zero-order valence-electron chi connectivity index (χ0n) is 28.1. The van der Waals surface area contributed by atoms with Gasteiger partial charge in [0.25, 0.3) is 0 Å². The summed E-state index contributed by atoms with van der Waals surface area (Å²) in [5.74, 6) is -0.503.